The number of hydrogen-bond acceptors (Lipinski definition) is 4. The number of methoxy groups -OCH3 is 2. The Morgan fingerprint density at radius 3 is 2.17 bits per heavy atom. The Hall–Kier alpha value is -1.42. The van der Waals surface area contributed by atoms with Crippen molar-refractivity contribution in [3.8, 4) is 17.2 Å². The van der Waals surface area contributed by atoms with Crippen LogP contribution < -0.4 is 19.9 Å². The third-order valence-electron chi connectivity index (χ3n) is 2.70. The summed E-state index contributed by atoms with van der Waals surface area (Å²) in [6.45, 7) is 3.39. The van der Waals surface area contributed by atoms with E-state index in [0.717, 1.165) is 24.8 Å². The van der Waals surface area contributed by atoms with Gasteiger partial charge in [-0.1, -0.05) is 13.3 Å². The van der Waals surface area contributed by atoms with E-state index in [1.54, 1.807) is 14.2 Å². The van der Waals surface area contributed by atoms with E-state index in [0.29, 0.717) is 30.4 Å². The van der Waals surface area contributed by atoms with Gasteiger partial charge in [-0.3, -0.25) is 0 Å². The van der Waals surface area contributed by atoms with E-state index in [2.05, 4.69) is 6.92 Å². The highest BCUT2D eigenvalue weighted by molar-refractivity contribution is 5.53. The largest absolute Gasteiger partial charge is 0.493 e. The summed E-state index contributed by atoms with van der Waals surface area (Å²) in [6, 6.07) is 3.91. The van der Waals surface area contributed by atoms with Gasteiger partial charge < -0.3 is 19.9 Å². The Bertz CT molecular complexity index is 341. The van der Waals surface area contributed by atoms with Gasteiger partial charge in [0.15, 0.2) is 11.5 Å². The van der Waals surface area contributed by atoms with E-state index < -0.39 is 0 Å². The monoisotopic (exact) mass is 253 g/mol. The lowest BCUT2D eigenvalue weighted by Gasteiger charge is -2.15. The summed E-state index contributed by atoms with van der Waals surface area (Å²) in [6.07, 6.45) is 2.90. The first-order chi connectivity index (χ1) is 8.76. The highest BCUT2D eigenvalue weighted by Gasteiger charge is 2.13. The summed E-state index contributed by atoms with van der Waals surface area (Å²) in [5.41, 5.74) is 6.66. The minimum absolute atomic E-state index is 0.600. The van der Waals surface area contributed by atoms with Crippen molar-refractivity contribution >= 4 is 0 Å². The van der Waals surface area contributed by atoms with Gasteiger partial charge in [0.05, 0.1) is 20.8 Å². The molecule has 0 fully saturated rings. The molecule has 1 rings (SSSR count). The predicted octanol–water partition coefficient (Wildman–Crippen LogP) is 2.38. The summed E-state index contributed by atoms with van der Waals surface area (Å²) in [7, 11) is 3.27. The molecular formula is C14H23NO3. The zero-order valence-corrected chi connectivity index (χ0v) is 11.5. The Kier molecular flexibility index (Phi) is 6.36. The Morgan fingerprint density at radius 2 is 1.72 bits per heavy atom. The van der Waals surface area contributed by atoms with Crippen molar-refractivity contribution < 1.29 is 14.2 Å². The normalized spacial score (nSPS) is 10.2. The molecule has 2 N–H and O–H groups in total. The molecular weight excluding hydrogens is 230 g/mol. The maximum Gasteiger partial charge on any atom is 0.203 e. The first-order valence-electron chi connectivity index (χ1n) is 6.34. The van der Waals surface area contributed by atoms with Crippen molar-refractivity contribution in [3.63, 3.8) is 0 Å². The van der Waals surface area contributed by atoms with Crippen LogP contribution in [0.5, 0.6) is 17.2 Å². The maximum atomic E-state index is 5.74. The average molecular weight is 253 g/mol. The molecule has 0 bridgehead atoms. The third kappa shape index (κ3) is 3.81. The number of benzene rings is 1. The average Bonchev–Trinajstić information content (AvgIpc) is 2.40. The molecule has 0 heterocycles. The zero-order valence-electron chi connectivity index (χ0n) is 11.5. The molecule has 0 radical (unpaired) electrons. The van der Waals surface area contributed by atoms with Crippen LogP contribution in [-0.2, 0) is 6.42 Å². The molecule has 0 spiro atoms. The maximum absolute atomic E-state index is 5.74. The van der Waals surface area contributed by atoms with Crippen LogP contribution >= 0.6 is 0 Å². The van der Waals surface area contributed by atoms with Crippen molar-refractivity contribution in [2.75, 3.05) is 27.4 Å². The van der Waals surface area contributed by atoms with Crippen LogP contribution in [0.3, 0.4) is 0 Å². The molecule has 0 unspecified atom stereocenters. The summed E-state index contributed by atoms with van der Waals surface area (Å²) < 4.78 is 16.5. The van der Waals surface area contributed by atoms with E-state index in [-0.39, 0.29) is 0 Å². The van der Waals surface area contributed by atoms with Crippen LogP contribution in [0, 0.1) is 0 Å². The van der Waals surface area contributed by atoms with Gasteiger partial charge in [0, 0.05) is 0 Å². The van der Waals surface area contributed by atoms with E-state index in [1.807, 2.05) is 12.1 Å². The number of rotatable bonds is 8. The molecule has 0 aliphatic heterocycles. The summed E-state index contributed by atoms with van der Waals surface area (Å²) in [5.74, 6) is 2.08. The van der Waals surface area contributed by atoms with Gasteiger partial charge in [0.25, 0.3) is 0 Å². The number of ether oxygens (including phenoxy) is 3. The molecule has 102 valence electrons. The lowest BCUT2D eigenvalue weighted by atomic mass is 10.1. The molecule has 18 heavy (non-hydrogen) atoms. The Balaban J connectivity index is 2.97. The first-order valence-corrected chi connectivity index (χ1v) is 6.34. The molecule has 0 saturated heterocycles. The minimum atomic E-state index is 0.600. The molecule has 0 aliphatic carbocycles. The number of nitrogens with two attached hydrogens (primary N) is 1. The van der Waals surface area contributed by atoms with Crippen LogP contribution in [0.25, 0.3) is 0 Å². The topological polar surface area (TPSA) is 53.7 Å². The number of unbranched alkanes of at least 4 members (excludes halogenated alkanes) is 1. The molecule has 1 aromatic carbocycles. The van der Waals surface area contributed by atoms with Gasteiger partial charge in [-0.2, -0.15) is 0 Å². The third-order valence-corrected chi connectivity index (χ3v) is 2.70. The molecule has 0 aliphatic rings. The molecule has 1 aromatic rings. The SMILES string of the molecule is CCCCOc1c(OC)cc(CCN)cc1OC. The van der Waals surface area contributed by atoms with Crippen molar-refractivity contribution in [2.45, 2.75) is 26.2 Å². The first kappa shape index (κ1) is 14.6. The van der Waals surface area contributed by atoms with Crippen molar-refractivity contribution in [2.24, 2.45) is 5.73 Å². The van der Waals surface area contributed by atoms with Crippen LogP contribution in [0.1, 0.15) is 25.3 Å². The summed E-state index contributed by atoms with van der Waals surface area (Å²) in [4.78, 5) is 0. The fourth-order valence-corrected chi connectivity index (χ4v) is 1.71. The molecule has 0 saturated carbocycles. The molecule has 4 nitrogen and oxygen atoms in total. The van der Waals surface area contributed by atoms with Gasteiger partial charge in [0.2, 0.25) is 5.75 Å². The summed E-state index contributed by atoms with van der Waals surface area (Å²) in [5, 5.41) is 0. The van der Waals surface area contributed by atoms with E-state index in [9.17, 15) is 0 Å². The Morgan fingerprint density at radius 1 is 1.11 bits per heavy atom. The minimum Gasteiger partial charge on any atom is -0.493 e. The zero-order chi connectivity index (χ0) is 13.4. The van der Waals surface area contributed by atoms with Gasteiger partial charge >= 0.3 is 0 Å². The van der Waals surface area contributed by atoms with Crippen LogP contribution in [-0.4, -0.2) is 27.4 Å². The molecule has 4 heteroatoms. The lowest BCUT2D eigenvalue weighted by molar-refractivity contribution is 0.269. The quantitative estimate of drug-likeness (QED) is 0.723. The second kappa shape index (κ2) is 7.82. The number of hydrogen-bond donors (Lipinski definition) is 1. The highest BCUT2D eigenvalue weighted by atomic mass is 16.5. The van der Waals surface area contributed by atoms with E-state index in [1.165, 1.54) is 0 Å². The predicted molar refractivity (Wildman–Crippen MR) is 72.7 cm³/mol. The lowest BCUT2D eigenvalue weighted by Crippen LogP contribution is -2.05. The molecule has 0 atom stereocenters. The van der Waals surface area contributed by atoms with E-state index in [4.69, 9.17) is 19.9 Å². The van der Waals surface area contributed by atoms with Crippen LogP contribution in [0.15, 0.2) is 12.1 Å². The Labute approximate surface area is 109 Å². The molecule has 0 amide bonds. The van der Waals surface area contributed by atoms with Crippen molar-refractivity contribution in [1.29, 1.82) is 0 Å². The summed E-state index contributed by atoms with van der Waals surface area (Å²) >= 11 is 0. The van der Waals surface area contributed by atoms with Gasteiger partial charge in [-0.15, -0.1) is 0 Å². The van der Waals surface area contributed by atoms with Crippen molar-refractivity contribution in [1.82, 2.24) is 0 Å². The fourth-order valence-electron chi connectivity index (χ4n) is 1.71. The van der Waals surface area contributed by atoms with Crippen LogP contribution in [0.2, 0.25) is 0 Å². The van der Waals surface area contributed by atoms with Crippen LogP contribution in [0.4, 0.5) is 0 Å². The van der Waals surface area contributed by atoms with Gasteiger partial charge in [0.1, 0.15) is 0 Å². The van der Waals surface area contributed by atoms with Gasteiger partial charge in [-0.25, -0.2) is 0 Å². The standard InChI is InChI=1S/C14H23NO3/c1-4-5-8-18-14-12(16-2)9-11(6-7-15)10-13(14)17-3/h9-10H,4-8,15H2,1-3H3. The highest BCUT2D eigenvalue weighted by Crippen LogP contribution is 2.38. The smallest absolute Gasteiger partial charge is 0.203 e. The second-order valence-electron chi connectivity index (χ2n) is 4.07. The van der Waals surface area contributed by atoms with Gasteiger partial charge in [-0.05, 0) is 37.1 Å². The van der Waals surface area contributed by atoms with E-state index >= 15 is 0 Å². The fraction of sp³-hybridized carbons (Fsp3) is 0.571. The molecule has 0 aromatic heterocycles. The second-order valence-corrected chi connectivity index (χ2v) is 4.07. The van der Waals surface area contributed by atoms with Crippen molar-refractivity contribution in [3.05, 3.63) is 17.7 Å².